The molecule has 6 heteroatoms. The summed E-state index contributed by atoms with van der Waals surface area (Å²) in [6, 6.07) is 9.81. The fourth-order valence-corrected chi connectivity index (χ4v) is 3.25. The summed E-state index contributed by atoms with van der Waals surface area (Å²) in [6.45, 7) is 4.81. The Morgan fingerprint density at radius 1 is 1.24 bits per heavy atom. The molecule has 3 rings (SSSR count). The number of nitrogens with zero attached hydrogens (tertiary/aromatic N) is 2. The number of imidazole rings is 1. The molecule has 0 radical (unpaired) electrons. The first-order valence-electron chi connectivity index (χ1n) is 8.55. The Labute approximate surface area is 147 Å². The number of rotatable bonds is 5. The molecule has 132 valence electrons. The van der Waals surface area contributed by atoms with Gasteiger partial charge in [0.25, 0.3) is 0 Å². The lowest BCUT2D eigenvalue weighted by molar-refractivity contribution is -0.138. The number of ketones is 1. The van der Waals surface area contributed by atoms with Crippen LogP contribution in [0.2, 0.25) is 0 Å². The van der Waals surface area contributed by atoms with Crippen LogP contribution in [0.1, 0.15) is 48.8 Å². The van der Waals surface area contributed by atoms with E-state index in [-0.39, 0.29) is 11.8 Å². The Morgan fingerprint density at radius 3 is 2.56 bits per heavy atom. The monoisotopic (exact) mass is 341 g/mol. The van der Waals surface area contributed by atoms with Gasteiger partial charge in [0.2, 0.25) is 0 Å². The van der Waals surface area contributed by atoms with Gasteiger partial charge in [-0.25, -0.2) is 9.78 Å². The second-order valence-corrected chi connectivity index (χ2v) is 6.46. The van der Waals surface area contributed by atoms with E-state index >= 15 is 0 Å². The minimum absolute atomic E-state index is 0.0625. The number of piperidine rings is 1. The van der Waals surface area contributed by atoms with Gasteiger partial charge in [0.15, 0.2) is 11.4 Å². The van der Waals surface area contributed by atoms with Crippen LogP contribution in [0, 0.1) is 0 Å². The minimum Gasteiger partial charge on any atom is -0.446 e. The standard InChI is InChI=1S/C19H23N3O3/c1-14(16-6-4-3-5-7-16)22-13-21-12-17(22)18(24)25-19(15(2)23)8-10-20-11-9-19/h3-7,12-14,20H,8-11H2,1-2H3/t14-/m1/s1. The van der Waals surface area contributed by atoms with Gasteiger partial charge in [0.1, 0.15) is 5.69 Å². The Balaban J connectivity index is 1.84. The number of hydrogen-bond donors (Lipinski definition) is 1. The van der Waals surface area contributed by atoms with Gasteiger partial charge in [0, 0.05) is 12.8 Å². The van der Waals surface area contributed by atoms with Crippen LogP contribution in [-0.4, -0.2) is 40.0 Å². The topological polar surface area (TPSA) is 73.2 Å². The predicted molar refractivity (Wildman–Crippen MR) is 93.4 cm³/mol. The van der Waals surface area contributed by atoms with E-state index in [1.165, 1.54) is 13.1 Å². The molecule has 1 aliphatic heterocycles. The molecule has 0 unspecified atom stereocenters. The van der Waals surface area contributed by atoms with Gasteiger partial charge in [-0.05, 0) is 32.5 Å². The lowest BCUT2D eigenvalue weighted by Crippen LogP contribution is -2.50. The Morgan fingerprint density at radius 2 is 1.92 bits per heavy atom. The molecule has 2 heterocycles. The van der Waals surface area contributed by atoms with E-state index in [2.05, 4.69) is 10.3 Å². The third-order valence-electron chi connectivity index (χ3n) is 4.92. The van der Waals surface area contributed by atoms with Crippen molar-refractivity contribution < 1.29 is 14.3 Å². The van der Waals surface area contributed by atoms with Crippen molar-refractivity contribution in [3.8, 4) is 0 Å². The molecule has 1 saturated heterocycles. The van der Waals surface area contributed by atoms with Crippen molar-refractivity contribution in [2.75, 3.05) is 13.1 Å². The van der Waals surface area contributed by atoms with Crippen LogP contribution in [0.4, 0.5) is 0 Å². The average Bonchev–Trinajstić information content (AvgIpc) is 3.12. The summed E-state index contributed by atoms with van der Waals surface area (Å²) in [5, 5.41) is 3.19. The molecule has 0 bridgehead atoms. The van der Waals surface area contributed by atoms with E-state index in [0.29, 0.717) is 31.6 Å². The fourth-order valence-electron chi connectivity index (χ4n) is 3.25. The van der Waals surface area contributed by atoms with Crippen molar-refractivity contribution in [1.82, 2.24) is 14.9 Å². The Bertz CT molecular complexity index is 748. The van der Waals surface area contributed by atoms with E-state index < -0.39 is 11.6 Å². The van der Waals surface area contributed by atoms with E-state index in [4.69, 9.17) is 4.74 Å². The molecular formula is C19H23N3O3. The average molecular weight is 341 g/mol. The number of carbonyl (C=O) groups excluding carboxylic acids is 2. The molecule has 0 saturated carbocycles. The molecule has 0 spiro atoms. The lowest BCUT2D eigenvalue weighted by atomic mass is 9.88. The largest absolute Gasteiger partial charge is 0.446 e. The molecule has 0 aliphatic carbocycles. The smallest absolute Gasteiger partial charge is 0.357 e. The lowest BCUT2D eigenvalue weighted by Gasteiger charge is -2.34. The number of benzene rings is 1. The number of hydrogen-bond acceptors (Lipinski definition) is 5. The molecule has 1 aliphatic rings. The van der Waals surface area contributed by atoms with E-state index in [1.54, 1.807) is 10.9 Å². The third kappa shape index (κ3) is 3.49. The summed E-state index contributed by atoms with van der Waals surface area (Å²) >= 11 is 0. The van der Waals surface area contributed by atoms with Crippen LogP contribution in [0.5, 0.6) is 0 Å². The zero-order valence-corrected chi connectivity index (χ0v) is 14.6. The number of Topliss-reactive ketones (excluding diaryl/α,β-unsaturated/α-hetero) is 1. The van der Waals surface area contributed by atoms with Gasteiger partial charge in [0.05, 0.1) is 18.6 Å². The zero-order valence-electron chi connectivity index (χ0n) is 14.6. The van der Waals surface area contributed by atoms with E-state index in [0.717, 1.165) is 5.56 Å². The van der Waals surface area contributed by atoms with Crippen molar-refractivity contribution in [2.45, 2.75) is 38.3 Å². The summed E-state index contributed by atoms with van der Waals surface area (Å²) in [6.07, 6.45) is 4.11. The minimum atomic E-state index is -1.03. The van der Waals surface area contributed by atoms with Crippen molar-refractivity contribution in [3.05, 3.63) is 54.1 Å². The highest BCUT2D eigenvalue weighted by atomic mass is 16.6. The maximum absolute atomic E-state index is 12.8. The van der Waals surface area contributed by atoms with Crippen LogP contribution in [0.25, 0.3) is 0 Å². The highest BCUT2D eigenvalue weighted by molar-refractivity contribution is 5.93. The second kappa shape index (κ2) is 7.19. The maximum Gasteiger partial charge on any atom is 0.357 e. The van der Waals surface area contributed by atoms with E-state index in [9.17, 15) is 9.59 Å². The zero-order chi connectivity index (χ0) is 17.9. The molecule has 0 amide bonds. The maximum atomic E-state index is 12.8. The number of carbonyl (C=O) groups is 2. The first-order valence-corrected chi connectivity index (χ1v) is 8.55. The molecule has 1 aromatic carbocycles. The van der Waals surface area contributed by atoms with E-state index in [1.807, 2.05) is 37.3 Å². The van der Waals surface area contributed by atoms with Crippen LogP contribution in [0.15, 0.2) is 42.9 Å². The van der Waals surface area contributed by atoms with Crippen LogP contribution in [0.3, 0.4) is 0 Å². The highest BCUT2D eigenvalue weighted by Gasteiger charge is 2.41. The number of aromatic nitrogens is 2. The molecular weight excluding hydrogens is 318 g/mol. The molecule has 2 aromatic rings. The summed E-state index contributed by atoms with van der Waals surface area (Å²) in [5.74, 6) is -0.609. The molecule has 1 atom stereocenters. The number of esters is 1. The first-order chi connectivity index (χ1) is 12.0. The summed E-state index contributed by atoms with van der Waals surface area (Å²) in [5.41, 5.74) is 0.390. The normalized spacial score (nSPS) is 17.7. The highest BCUT2D eigenvalue weighted by Crippen LogP contribution is 2.27. The van der Waals surface area contributed by atoms with Gasteiger partial charge in [-0.3, -0.25) is 4.79 Å². The molecule has 6 nitrogen and oxygen atoms in total. The quantitative estimate of drug-likeness (QED) is 0.845. The second-order valence-electron chi connectivity index (χ2n) is 6.46. The van der Waals surface area contributed by atoms with Gasteiger partial charge in [-0.15, -0.1) is 0 Å². The van der Waals surface area contributed by atoms with Crippen LogP contribution in [-0.2, 0) is 9.53 Å². The predicted octanol–water partition coefficient (Wildman–Crippen LogP) is 2.36. The van der Waals surface area contributed by atoms with Crippen LogP contribution < -0.4 is 5.32 Å². The van der Waals surface area contributed by atoms with Gasteiger partial charge in [-0.1, -0.05) is 30.3 Å². The summed E-state index contributed by atoms with van der Waals surface area (Å²) in [4.78, 5) is 29.0. The van der Waals surface area contributed by atoms with Gasteiger partial charge >= 0.3 is 5.97 Å². The van der Waals surface area contributed by atoms with Crippen molar-refractivity contribution in [2.24, 2.45) is 0 Å². The molecule has 1 aromatic heterocycles. The Kier molecular flexibility index (Phi) is 4.99. The fraction of sp³-hybridized carbons (Fsp3) is 0.421. The Hall–Kier alpha value is -2.47. The third-order valence-corrected chi connectivity index (χ3v) is 4.92. The van der Waals surface area contributed by atoms with Crippen LogP contribution >= 0.6 is 0 Å². The van der Waals surface area contributed by atoms with Gasteiger partial charge in [-0.2, -0.15) is 0 Å². The molecule has 25 heavy (non-hydrogen) atoms. The first kappa shape index (κ1) is 17.4. The van der Waals surface area contributed by atoms with Crippen molar-refractivity contribution in [3.63, 3.8) is 0 Å². The van der Waals surface area contributed by atoms with Crippen molar-refractivity contribution >= 4 is 11.8 Å². The molecule has 1 N–H and O–H groups in total. The number of ether oxygens (including phenoxy) is 1. The SMILES string of the molecule is CC(=O)C1(OC(=O)c2cncn2[C@H](C)c2ccccc2)CCNCC1. The molecule has 1 fully saturated rings. The number of nitrogens with one attached hydrogen (secondary N) is 1. The summed E-state index contributed by atoms with van der Waals surface area (Å²) < 4.78 is 7.51. The van der Waals surface area contributed by atoms with Crippen molar-refractivity contribution in [1.29, 1.82) is 0 Å². The summed E-state index contributed by atoms with van der Waals surface area (Å²) in [7, 11) is 0. The van der Waals surface area contributed by atoms with Gasteiger partial charge < -0.3 is 14.6 Å².